The first-order valence-corrected chi connectivity index (χ1v) is 5.45. The molecular formula is C10H15N5O. The summed E-state index contributed by atoms with van der Waals surface area (Å²) in [7, 11) is 0. The summed E-state index contributed by atoms with van der Waals surface area (Å²) in [5.74, 6) is 0.699. The van der Waals surface area contributed by atoms with Gasteiger partial charge in [-0.1, -0.05) is 13.8 Å². The van der Waals surface area contributed by atoms with Crippen LogP contribution in [0.3, 0.4) is 0 Å². The average Bonchev–Trinajstić information content (AvgIpc) is 2.68. The molecule has 2 N–H and O–H groups in total. The molecule has 2 heterocycles. The maximum atomic E-state index is 11.3. The van der Waals surface area contributed by atoms with Crippen LogP contribution in [0, 0.1) is 0 Å². The Morgan fingerprint density at radius 1 is 1.44 bits per heavy atom. The molecule has 0 aromatic carbocycles. The molecule has 2 aromatic heterocycles. The molecule has 0 bridgehead atoms. The second kappa shape index (κ2) is 4.34. The molecule has 6 heteroatoms. The zero-order valence-electron chi connectivity index (χ0n) is 9.40. The average molecular weight is 221 g/mol. The van der Waals surface area contributed by atoms with Crippen LogP contribution in [0.5, 0.6) is 0 Å². The van der Waals surface area contributed by atoms with Crippen molar-refractivity contribution in [1.29, 1.82) is 0 Å². The van der Waals surface area contributed by atoms with Crippen LogP contribution in [0.15, 0.2) is 16.9 Å². The zero-order chi connectivity index (χ0) is 11.5. The van der Waals surface area contributed by atoms with Crippen molar-refractivity contribution in [2.75, 3.05) is 5.32 Å². The highest BCUT2D eigenvalue weighted by Crippen LogP contribution is 2.08. The maximum absolute atomic E-state index is 11.3. The standard InChI is InChI=1S/C10H15N5O/c1-3-7(4-2)11-8-5-6-9-12-13-10(16)15(9)14-8/h5-7H,3-4H2,1-2H3,(H,11,14)(H,13,16). The smallest absolute Gasteiger partial charge is 0.364 e. The normalized spacial score (nSPS) is 11.2. The minimum absolute atomic E-state index is 0.316. The summed E-state index contributed by atoms with van der Waals surface area (Å²) in [6.45, 7) is 4.23. The van der Waals surface area contributed by atoms with Crippen LogP contribution in [0.4, 0.5) is 5.82 Å². The lowest BCUT2D eigenvalue weighted by Gasteiger charge is -2.14. The Labute approximate surface area is 92.7 Å². The molecule has 16 heavy (non-hydrogen) atoms. The Bertz CT molecular complexity index is 525. The minimum Gasteiger partial charge on any atom is -0.366 e. The molecule has 2 rings (SSSR count). The second-order valence-electron chi connectivity index (χ2n) is 3.68. The first kappa shape index (κ1) is 10.7. The molecule has 0 spiro atoms. The van der Waals surface area contributed by atoms with E-state index >= 15 is 0 Å². The van der Waals surface area contributed by atoms with Crippen molar-refractivity contribution in [1.82, 2.24) is 19.8 Å². The minimum atomic E-state index is -0.316. The Balaban J connectivity index is 2.31. The molecule has 0 aliphatic heterocycles. The molecule has 6 nitrogen and oxygen atoms in total. The van der Waals surface area contributed by atoms with E-state index in [2.05, 4.69) is 34.5 Å². The van der Waals surface area contributed by atoms with Gasteiger partial charge in [0.2, 0.25) is 0 Å². The maximum Gasteiger partial charge on any atom is 0.364 e. The summed E-state index contributed by atoms with van der Waals surface area (Å²) in [5, 5.41) is 13.6. The van der Waals surface area contributed by atoms with Crippen molar-refractivity contribution in [3.63, 3.8) is 0 Å². The van der Waals surface area contributed by atoms with Gasteiger partial charge in [-0.15, -0.1) is 5.10 Å². The summed E-state index contributed by atoms with van der Waals surface area (Å²) in [5.41, 5.74) is 0.211. The Morgan fingerprint density at radius 3 is 2.88 bits per heavy atom. The second-order valence-corrected chi connectivity index (χ2v) is 3.68. The number of aromatic amines is 1. The van der Waals surface area contributed by atoms with E-state index in [1.165, 1.54) is 4.52 Å². The lowest BCUT2D eigenvalue weighted by molar-refractivity contribution is 0.664. The van der Waals surface area contributed by atoms with E-state index in [0.29, 0.717) is 17.5 Å². The highest BCUT2D eigenvalue weighted by molar-refractivity contribution is 5.43. The first-order valence-electron chi connectivity index (χ1n) is 5.45. The Kier molecular flexibility index (Phi) is 2.89. The van der Waals surface area contributed by atoms with E-state index in [-0.39, 0.29) is 5.69 Å². The van der Waals surface area contributed by atoms with Crippen LogP contribution in [0.1, 0.15) is 26.7 Å². The molecule has 2 aromatic rings. The third-order valence-corrected chi connectivity index (χ3v) is 2.61. The largest absolute Gasteiger partial charge is 0.366 e. The number of nitrogens with one attached hydrogen (secondary N) is 2. The van der Waals surface area contributed by atoms with Crippen molar-refractivity contribution in [2.24, 2.45) is 0 Å². The molecule has 0 saturated heterocycles. The Hall–Kier alpha value is -1.85. The van der Waals surface area contributed by atoms with Gasteiger partial charge in [-0.25, -0.2) is 9.89 Å². The van der Waals surface area contributed by atoms with Gasteiger partial charge in [0.25, 0.3) is 0 Å². The summed E-state index contributed by atoms with van der Waals surface area (Å²) in [6, 6.07) is 3.97. The predicted octanol–water partition coefficient (Wildman–Crippen LogP) is 1.02. The van der Waals surface area contributed by atoms with Crippen LogP contribution in [0.25, 0.3) is 5.65 Å². The first-order chi connectivity index (χ1) is 7.74. The molecule has 86 valence electrons. The van der Waals surface area contributed by atoms with E-state index in [1.807, 2.05) is 6.07 Å². The quantitative estimate of drug-likeness (QED) is 0.808. The number of H-pyrrole nitrogens is 1. The number of nitrogens with zero attached hydrogens (tertiary/aromatic N) is 3. The van der Waals surface area contributed by atoms with Gasteiger partial charge in [-0.05, 0) is 25.0 Å². The highest BCUT2D eigenvalue weighted by atomic mass is 16.2. The van der Waals surface area contributed by atoms with Gasteiger partial charge >= 0.3 is 5.69 Å². The van der Waals surface area contributed by atoms with Gasteiger partial charge in [-0.3, -0.25) is 0 Å². The van der Waals surface area contributed by atoms with Crippen LogP contribution in [-0.2, 0) is 0 Å². The van der Waals surface area contributed by atoms with Crippen LogP contribution in [-0.4, -0.2) is 25.9 Å². The third-order valence-electron chi connectivity index (χ3n) is 2.61. The van der Waals surface area contributed by atoms with Gasteiger partial charge in [-0.2, -0.15) is 9.61 Å². The number of anilines is 1. The molecule has 0 fully saturated rings. The molecule has 0 atom stereocenters. The van der Waals surface area contributed by atoms with Crippen molar-refractivity contribution in [3.05, 3.63) is 22.6 Å². The Morgan fingerprint density at radius 2 is 2.19 bits per heavy atom. The lowest BCUT2D eigenvalue weighted by atomic mass is 10.2. The lowest BCUT2D eigenvalue weighted by Crippen LogP contribution is -2.20. The number of hydrogen-bond acceptors (Lipinski definition) is 4. The van der Waals surface area contributed by atoms with E-state index in [0.717, 1.165) is 12.8 Å². The van der Waals surface area contributed by atoms with E-state index < -0.39 is 0 Å². The fourth-order valence-electron chi connectivity index (χ4n) is 1.58. The van der Waals surface area contributed by atoms with Gasteiger partial charge in [0, 0.05) is 6.04 Å². The van der Waals surface area contributed by atoms with E-state index in [4.69, 9.17) is 0 Å². The molecule has 0 saturated carbocycles. The predicted molar refractivity (Wildman–Crippen MR) is 61.6 cm³/mol. The molecule has 0 amide bonds. The number of fused-ring (bicyclic) bond motifs is 1. The molecule has 0 aliphatic rings. The number of hydrogen-bond donors (Lipinski definition) is 2. The van der Waals surface area contributed by atoms with Crippen LogP contribution < -0.4 is 11.0 Å². The third kappa shape index (κ3) is 1.91. The zero-order valence-corrected chi connectivity index (χ0v) is 9.40. The van der Waals surface area contributed by atoms with Gasteiger partial charge in [0.1, 0.15) is 5.82 Å². The summed E-state index contributed by atoms with van der Waals surface area (Å²) < 4.78 is 1.25. The van der Waals surface area contributed by atoms with Gasteiger partial charge in [0.15, 0.2) is 5.65 Å². The highest BCUT2D eigenvalue weighted by Gasteiger charge is 2.06. The van der Waals surface area contributed by atoms with Gasteiger partial charge in [0.05, 0.1) is 0 Å². The van der Waals surface area contributed by atoms with Crippen molar-refractivity contribution in [2.45, 2.75) is 32.7 Å². The van der Waals surface area contributed by atoms with Crippen molar-refractivity contribution >= 4 is 11.5 Å². The van der Waals surface area contributed by atoms with Crippen LogP contribution in [0.2, 0.25) is 0 Å². The van der Waals surface area contributed by atoms with E-state index in [1.54, 1.807) is 6.07 Å². The number of rotatable bonds is 4. The van der Waals surface area contributed by atoms with Gasteiger partial charge < -0.3 is 5.32 Å². The molecular weight excluding hydrogens is 206 g/mol. The monoisotopic (exact) mass is 221 g/mol. The van der Waals surface area contributed by atoms with Crippen molar-refractivity contribution < 1.29 is 0 Å². The van der Waals surface area contributed by atoms with Crippen LogP contribution >= 0.6 is 0 Å². The fourth-order valence-corrected chi connectivity index (χ4v) is 1.58. The summed E-state index contributed by atoms with van der Waals surface area (Å²) in [6.07, 6.45) is 2.05. The molecule has 0 aliphatic carbocycles. The topological polar surface area (TPSA) is 75.1 Å². The SMILES string of the molecule is CCC(CC)Nc1ccc2n[nH]c(=O)n2n1. The number of aromatic nitrogens is 4. The fraction of sp³-hybridized carbons (Fsp3) is 0.500. The molecule has 0 unspecified atom stereocenters. The van der Waals surface area contributed by atoms with E-state index in [9.17, 15) is 4.79 Å². The summed E-state index contributed by atoms with van der Waals surface area (Å²) in [4.78, 5) is 11.3. The van der Waals surface area contributed by atoms with Crippen molar-refractivity contribution in [3.8, 4) is 0 Å². The summed E-state index contributed by atoms with van der Waals surface area (Å²) >= 11 is 0. The molecule has 0 radical (unpaired) electrons.